The molecule has 8 heteroatoms. The SMILES string of the molecule is CC(=O)c1cccc(NCCOCCOCCOCCOCCOC(C)C)n1. The Bertz CT molecular complexity index is 527. The highest BCUT2D eigenvalue weighted by Crippen LogP contribution is 2.04. The summed E-state index contributed by atoms with van der Waals surface area (Å²) < 4.78 is 27.1. The van der Waals surface area contributed by atoms with Crippen molar-refractivity contribution in [2.75, 3.05) is 71.3 Å². The first-order valence-corrected chi connectivity index (χ1v) is 9.74. The van der Waals surface area contributed by atoms with Gasteiger partial charge in [-0.25, -0.2) is 4.98 Å². The highest BCUT2D eigenvalue weighted by Gasteiger charge is 2.01. The summed E-state index contributed by atoms with van der Waals surface area (Å²) in [6.45, 7) is 11.0. The number of nitrogens with zero attached hydrogens (tertiary/aromatic N) is 1. The predicted octanol–water partition coefficient (Wildman–Crippen LogP) is 2.19. The second-order valence-electron chi connectivity index (χ2n) is 6.26. The third-order valence-electron chi connectivity index (χ3n) is 3.46. The molecule has 1 rings (SSSR count). The van der Waals surface area contributed by atoms with E-state index in [0.717, 1.165) is 0 Å². The number of aromatic nitrogens is 1. The Morgan fingerprint density at radius 2 is 1.43 bits per heavy atom. The quantitative estimate of drug-likeness (QED) is 0.297. The van der Waals surface area contributed by atoms with Gasteiger partial charge in [0.2, 0.25) is 0 Å². The van der Waals surface area contributed by atoms with Crippen molar-refractivity contribution in [3.8, 4) is 0 Å². The molecule has 1 N–H and O–H groups in total. The van der Waals surface area contributed by atoms with Gasteiger partial charge in [-0.2, -0.15) is 0 Å². The first-order chi connectivity index (χ1) is 13.6. The maximum Gasteiger partial charge on any atom is 0.178 e. The number of ether oxygens (including phenoxy) is 5. The molecule has 1 heterocycles. The van der Waals surface area contributed by atoms with Crippen LogP contribution in [0, 0.1) is 0 Å². The Morgan fingerprint density at radius 1 is 0.893 bits per heavy atom. The molecule has 1 aromatic heterocycles. The molecular formula is C20H34N2O6. The van der Waals surface area contributed by atoms with Crippen LogP contribution in [0.25, 0.3) is 0 Å². The molecule has 0 spiro atoms. The minimum absolute atomic E-state index is 0.0511. The van der Waals surface area contributed by atoms with Crippen LogP contribution in [0.2, 0.25) is 0 Å². The van der Waals surface area contributed by atoms with Crippen LogP contribution >= 0.6 is 0 Å². The molecule has 0 saturated heterocycles. The Morgan fingerprint density at radius 3 is 1.96 bits per heavy atom. The van der Waals surface area contributed by atoms with E-state index in [-0.39, 0.29) is 11.9 Å². The van der Waals surface area contributed by atoms with Gasteiger partial charge in [-0.3, -0.25) is 4.79 Å². The number of pyridine rings is 1. The Balaban J connectivity index is 1.82. The zero-order valence-electron chi connectivity index (χ0n) is 17.3. The normalized spacial score (nSPS) is 11.1. The highest BCUT2D eigenvalue weighted by atomic mass is 16.6. The summed E-state index contributed by atoms with van der Waals surface area (Å²) in [5, 5.41) is 3.12. The summed E-state index contributed by atoms with van der Waals surface area (Å²) in [4.78, 5) is 15.5. The van der Waals surface area contributed by atoms with E-state index in [2.05, 4.69) is 10.3 Å². The zero-order valence-corrected chi connectivity index (χ0v) is 17.3. The minimum atomic E-state index is -0.0511. The number of ketones is 1. The highest BCUT2D eigenvalue weighted by molar-refractivity contribution is 5.92. The van der Waals surface area contributed by atoms with Crippen molar-refractivity contribution in [3.05, 3.63) is 23.9 Å². The van der Waals surface area contributed by atoms with Crippen LogP contribution in [-0.4, -0.2) is 82.9 Å². The molecule has 0 aromatic carbocycles. The van der Waals surface area contributed by atoms with Gasteiger partial charge in [0.1, 0.15) is 11.5 Å². The molecule has 8 nitrogen and oxygen atoms in total. The Kier molecular flexibility index (Phi) is 14.3. The first kappa shape index (κ1) is 24.5. The van der Waals surface area contributed by atoms with Crippen molar-refractivity contribution in [3.63, 3.8) is 0 Å². The maximum absolute atomic E-state index is 11.3. The predicted molar refractivity (Wildman–Crippen MR) is 107 cm³/mol. The monoisotopic (exact) mass is 398 g/mol. The van der Waals surface area contributed by atoms with Crippen LogP contribution in [0.5, 0.6) is 0 Å². The van der Waals surface area contributed by atoms with Gasteiger partial charge in [0.15, 0.2) is 5.78 Å². The van der Waals surface area contributed by atoms with Crippen molar-refractivity contribution in [1.29, 1.82) is 0 Å². The molecule has 0 fully saturated rings. The smallest absolute Gasteiger partial charge is 0.178 e. The van der Waals surface area contributed by atoms with Gasteiger partial charge in [-0.05, 0) is 26.0 Å². The zero-order chi connectivity index (χ0) is 20.5. The molecule has 1 aromatic rings. The summed E-state index contributed by atoms with van der Waals surface area (Å²) in [7, 11) is 0. The molecule has 0 bridgehead atoms. The third-order valence-corrected chi connectivity index (χ3v) is 3.46. The number of carbonyl (C=O) groups excluding carboxylic acids is 1. The van der Waals surface area contributed by atoms with Gasteiger partial charge >= 0.3 is 0 Å². The lowest BCUT2D eigenvalue weighted by Gasteiger charge is -2.09. The number of hydrogen-bond acceptors (Lipinski definition) is 8. The van der Waals surface area contributed by atoms with E-state index in [0.29, 0.717) is 77.5 Å². The second kappa shape index (κ2) is 16.4. The topological polar surface area (TPSA) is 88.1 Å². The average molecular weight is 399 g/mol. The number of nitrogens with one attached hydrogen (secondary N) is 1. The second-order valence-corrected chi connectivity index (χ2v) is 6.26. The Labute approximate surface area is 167 Å². The molecule has 0 amide bonds. The van der Waals surface area contributed by atoms with Crippen LogP contribution in [0.15, 0.2) is 18.2 Å². The van der Waals surface area contributed by atoms with Crippen molar-refractivity contribution >= 4 is 11.6 Å². The van der Waals surface area contributed by atoms with Crippen molar-refractivity contribution in [1.82, 2.24) is 4.98 Å². The summed E-state index contributed by atoms with van der Waals surface area (Å²) in [5.41, 5.74) is 0.452. The Hall–Kier alpha value is -1.58. The van der Waals surface area contributed by atoms with E-state index >= 15 is 0 Å². The number of anilines is 1. The van der Waals surface area contributed by atoms with Gasteiger partial charge in [-0.1, -0.05) is 6.07 Å². The molecule has 0 atom stereocenters. The number of rotatable bonds is 18. The van der Waals surface area contributed by atoms with Crippen molar-refractivity contribution in [2.45, 2.75) is 26.9 Å². The van der Waals surface area contributed by atoms with Crippen LogP contribution in [0.4, 0.5) is 5.82 Å². The van der Waals surface area contributed by atoms with Crippen LogP contribution < -0.4 is 5.32 Å². The van der Waals surface area contributed by atoms with Gasteiger partial charge in [-0.15, -0.1) is 0 Å². The van der Waals surface area contributed by atoms with Crippen LogP contribution in [0.1, 0.15) is 31.3 Å². The van der Waals surface area contributed by atoms with E-state index in [4.69, 9.17) is 23.7 Å². The standard InChI is InChI=1S/C20H34N2O6/c1-17(2)28-16-15-27-14-13-26-12-11-25-10-9-24-8-7-21-20-6-4-5-19(22-20)18(3)23/h4-6,17H,7-16H2,1-3H3,(H,21,22). The van der Waals surface area contributed by atoms with E-state index in [1.165, 1.54) is 6.92 Å². The van der Waals surface area contributed by atoms with Gasteiger partial charge in [0, 0.05) is 13.5 Å². The fourth-order valence-electron chi connectivity index (χ4n) is 2.09. The fourth-order valence-corrected chi connectivity index (χ4v) is 2.09. The molecule has 28 heavy (non-hydrogen) atoms. The van der Waals surface area contributed by atoms with Crippen LogP contribution in [-0.2, 0) is 23.7 Å². The van der Waals surface area contributed by atoms with Gasteiger partial charge in [0.25, 0.3) is 0 Å². The van der Waals surface area contributed by atoms with Crippen molar-refractivity contribution in [2.24, 2.45) is 0 Å². The lowest BCUT2D eigenvalue weighted by atomic mass is 10.3. The number of carbonyl (C=O) groups is 1. The van der Waals surface area contributed by atoms with E-state index in [9.17, 15) is 4.79 Å². The largest absolute Gasteiger partial charge is 0.377 e. The first-order valence-electron chi connectivity index (χ1n) is 9.74. The maximum atomic E-state index is 11.3. The van der Waals surface area contributed by atoms with E-state index < -0.39 is 0 Å². The number of hydrogen-bond donors (Lipinski definition) is 1. The molecule has 0 saturated carbocycles. The molecule has 160 valence electrons. The average Bonchev–Trinajstić information content (AvgIpc) is 2.67. The summed E-state index contributed by atoms with van der Waals surface area (Å²) >= 11 is 0. The summed E-state index contributed by atoms with van der Waals surface area (Å²) in [6, 6.07) is 5.32. The lowest BCUT2D eigenvalue weighted by Crippen LogP contribution is -2.15. The molecule has 0 radical (unpaired) electrons. The lowest BCUT2D eigenvalue weighted by molar-refractivity contribution is -0.0171. The fraction of sp³-hybridized carbons (Fsp3) is 0.700. The van der Waals surface area contributed by atoms with Gasteiger partial charge in [0.05, 0.1) is 65.6 Å². The number of Topliss-reactive ketones (excluding diaryl/α,β-unsaturated/α-hetero) is 1. The summed E-state index contributed by atoms with van der Waals surface area (Å²) in [6.07, 6.45) is 0.235. The molecule has 0 unspecified atom stereocenters. The van der Waals surface area contributed by atoms with Crippen molar-refractivity contribution < 1.29 is 28.5 Å². The van der Waals surface area contributed by atoms with E-state index in [1.807, 2.05) is 19.9 Å². The summed E-state index contributed by atoms with van der Waals surface area (Å²) in [5.74, 6) is 0.617. The minimum Gasteiger partial charge on any atom is -0.377 e. The van der Waals surface area contributed by atoms with Gasteiger partial charge < -0.3 is 29.0 Å². The third kappa shape index (κ3) is 13.6. The molecular weight excluding hydrogens is 364 g/mol. The molecule has 0 aliphatic heterocycles. The van der Waals surface area contributed by atoms with E-state index in [1.54, 1.807) is 12.1 Å². The van der Waals surface area contributed by atoms with Crippen LogP contribution in [0.3, 0.4) is 0 Å². The molecule has 0 aliphatic rings. The molecule has 0 aliphatic carbocycles.